The average Bonchev–Trinajstić information content (AvgIpc) is 2.11. The maximum Gasteiger partial charge on any atom is 0.193 e. The Hall–Kier alpha value is -0.730. The minimum Gasteiger partial charge on any atom is -0.349 e. The van der Waals surface area contributed by atoms with Crippen LogP contribution in [0, 0.1) is 5.41 Å². The summed E-state index contributed by atoms with van der Waals surface area (Å²) in [5, 5.41) is 7.83. The second-order valence-corrected chi connectivity index (χ2v) is 3.56. The third-order valence-corrected chi connectivity index (χ3v) is 2.00. The molecule has 13 heavy (non-hydrogen) atoms. The largest absolute Gasteiger partial charge is 0.349 e. The zero-order valence-electron chi connectivity index (χ0n) is 9.43. The highest BCUT2D eigenvalue weighted by Gasteiger charge is 2.08. The Morgan fingerprint density at radius 3 is 2.08 bits per heavy atom. The van der Waals surface area contributed by atoms with Crippen molar-refractivity contribution in [2.45, 2.75) is 33.1 Å². The van der Waals surface area contributed by atoms with Gasteiger partial charge < -0.3 is 9.80 Å². The summed E-state index contributed by atoms with van der Waals surface area (Å²) in [4.78, 5) is 4.01. The summed E-state index contributed by atoms with van der Waals surface area (Å²) in [6.07, 6.45) is 3.48. The first-order chi connectivity index (χ1) is 6.13. The summed E-state index contributed by atoms with van der Waals surface area (Å²) in [6.45, 7) is 6.35. The number of hydrogen-bond donors (Lipinski definition) is 1. The lowest BCUT2D eigenvalue weighted by Crippen LogP contribution is -2.40. The molecule has 3 heteroatoms. The molecule has 0 aromatic carbocycles. The SMILES string of the molecule is CCCCN(CCC)C(=N)N(C)C. The minimum atomic E-state index is 0.635. The van der Waals surface area contributed by atoms with Crippen LogP contribution in [-0.2, 0) is 0 Å². The first kappa shape index (κ1) is 12.3. The topological polar surface area (TPSA) is 30.3 Å². The molecule has 0 aliphatic rings. The van der Waals surface area contributed by atoms with Gasteiger partial charge >= 0.3 is 0 Å². The molecule has 0 saturated carbocycles. The van der Waals surface area contributed by atoms with Crippen LogP contribution in [0.1, 0.15) is 33.1 Å². The molecule has 0 radical (unpaired) electrons. The normalized spacial score (nSPS) is 9.85. The van der Waals surface area contributed by atoms with E-state index in [4.69, 9.17) is 5.41 Å². The fourth-order valence-electron chi connectivity index (χ4n) is 1.23. The van der Waals surface area contributed by atoms with E-state index in [-0.39, 0.29) is 0 Å². The Kier molecular flexibility index (Phi) is 6.37. The molecule has 0 amide bonds. The maximum absolute atomic E-state index is 7.83. The van der Waals surface area contributed by atoms with Crippen LogP contribution in [0.25, 0.3) is 0 Å². The van der Waals surface area contributed by atoms with E-state index in [1.54, 1.807) is 0 Å². The molecule has 0 rings (SSSR count). The fourth-order valence-corrected chi connectivity index (χ4v) is 1.23. The summed E-state index contributed by atoms with van der Waals surface area (Å²) >= 11 is 0. The Morgan fingerprint density at radius 1 is 1.08 bits per heavy atom. The van der Waals surface area contributed by atoms with Crippen LogP contribution >= 0.6 is 0 Å². The van der Waals surface area contributed by atoms with Crippen molar-refractivity contribution >= 4 is 5.96 Å². The third-order valence-electron chi connectivity index (χ3n) is 2.00. The quantitative estimate of drug-likeness (QED) is 0.524. The Balaban J connectivity index is 3.99. The third kappa shape index (κ3) is 4.76. The molecular weight excluding hydrogens is 162 g/mol. The van der Waals surface area contributed by atoms with Crippen molar-refractivity contribution in [2.24, 2.45) is 0 Å². The fraction of sp³-hybridized carbons (Fsp3) is 0.900. The van der Waals surface area contributed by atoms with Gasteiger partial charge in [-0.05, 0) is 12.8 Å². The second-order valence-electron chi connectivity index (χ2n) is 3.56. The van der Waals surface area contributed by atoms with Gasteiger partial charge in [-0.1, -0.05) is 20.3 Å². The number of hydrogen-bond acceptors (Lipinski definition) is 1. The van der Waals surface area contributed by atoms with Crippen molar-refractivity contribution in [1.82, 2.24) is 9.80 Å². The van der Waals surface area contributed by atoms with Gasteiger partial charge in [-0.2, -0.15) is 0 Å². The molecule has 0 aliphatic heterocycles. The van der Waals surface area contributed by atoms with Gasteiger partial charge in [-0.25, -0.2) is 0 Å². The van der Waals surface area contributed by atoms with E-state index < -0.39 is 0 Å². The van der Waals surface area contributed by atoms with E-state index in [0.29, 0.717) is 5.96 Å². The van der Waals surface area contributed by atoms with E-state index in [1.165, 1.54) is 12.8 Å². The van der Waals surface area contributed by atoms with Crippen molar-refractivity contribution in [2.75, 3.05) is 27.2 Å². The molecule has 0 fully saturated rings. The van der Waals surface area contributed by atoms with E-state index in [0.717, 1.165) is 19.5 Å². The van der Waals surface area contributed by atoms with E-state index in [9.17, 15) is 0 Å². The van der Waals surface area contributed by atoms with E-state index >= 15 is 0 Å². The first-order valence-corrected chi connectivity index (χ1v) is 5.14. The van der Waals surface area contributed by atoms with Crippen LogP contribution in [0.5, 0.6) is 0 Å². The summed E-state index contributed by atoms with van der Waals surface area (Å²) in [5.74, 6) is 0.635. The molecule has 0 unspecified atom stereocenters. The first-order valence-electron chi connectivity index (χ1n) is 5.14. The molecule has 3 nitrogen and oxygen atoms in total. The lowest BCUT2D eigenvalue weighted by molar-refractivity contribution is 0.355. The van der Waals surface area contributed by atoms with Crippen molar-refractivity contribution in [3.8, 4) is 0 Å². The number of guanidine groups is 1. The number of nitrogens with zero attached hydrogens (tertiary/aromatic N) is 2. The summed E-state index contributed by atoms with van der Waals surface area (Å²) in [6, 6.07) is 0. The van der Waals surface area contributed by atoms with Gasteiger partial charge in [-0.3, -0.25) is 5.41 Å². The summed E-state index contributed by atoms with van der Waals surface area (Å²) in [5.41, 5.74) is 0. The molecule has 0 heterocycles. The lowest BCUT2D eigenvalue weighted by atomic mass is 10.3. The predicted molar refractivity (Wildman–Crippen MR) is 58.2 cm³/mol. The van der Waals surface area contributed by atoms with Crippen LogP contribution < -0.4 is 0 Å². The smallest absolute Gasteiger partial charge is 0.193 e. The maximum atomic E-state index is 7.83. The number of unbranched alkanes of at least 4 members (excludes halogenated alkanes) is 1. The molecular formula is C10H23N3. The second kappa shape index (κ2) is 6.75. The molecule has 78 valence electrons. The van der Waals surface area contributed by atoms with Crippen molar-refractivity contribution in [3.63, 3.8) is 0 Å². The van der Waals surface area contributed by atoms with Crippen LogP contribution in [0.2, 0.25) is 0 Å². The summed E-state index contributed by atoms with van der Waals surface area (Å²) in [7, 11) is 3.86. The standard InChI is InChI=1S/C10H23N3/c1-5-7-9-13(8-6-2)10(11)12(3)4/h11H,5-9H2,1-4H3. The van der Waals surface area contributed by atoms with Gasteiger partial charge in [0.05, 0.1) is 0 Å². The molecule has 0 spiro atoms. The molecule has 0 aromatic rings. The van der Waals surface area contributed by atoms with E-state index in [1.807, 2.05) is 19.0 Å². The Labute approximate surface area is 82.2 Å². The Bertz CT molecular complexity index is 143. The van der Waals surface area contributed by atoms with Crippen LogP contribution in [0.4, 0.5) is 0 Å². The van der Waals surface area contributed by atoms with E-state index in [2.05, 4.69) is 18.7 Å². The Morgan fingerprint density at radius 2 is 1.69 bits per heavy atom. The van der Waals surface area contributed by atoms with Crippen molar-refractivity contribution in [3.05, 3.63) is 0 Å². The molecule has 0 atom stereocenters. The zero-order chi connectivity index (χ0) is 10.3. The van der Waals surface area contributed by atoms with Gasteiger partial charge in [0.25, 0.3) is 0 Å². The minimum absolute atomic E-state index is 0.635. The highest BCUT2D eigenvalue weighted by molar-refractivity contribution is 5.76. The average molecular weight is 185 g/mol. The number of nitrogens with one attached hydrogen (secondary N) is 1. The van der Waals surface area contributed by atoms with Gasteiger partial charge in [-0.15, -0.1) is 0 Å². The predicted octanol–water partition coefficient (Wildman–Crippen LogP) is 1.99. The monoisotopic (exact) mass is 185 g/mol. The molecule has 1 N–H and O–H groups in total. The van der Waals surface area contributed by atoms with Gasteiger partial charge in [0, 0.05) is 27.2 Å². The van der Waals surface area contributed by atoms with Gasteiger partial charge in [0.2, 0.25) is 0 Å². The molecule has 0 aliphatic carbocycles. The van der Waals surface area contributed by atoms with Crippen molar-refractivity contribution in [1.29, 1.82) is 5.41 Å². The highest BCUT2D eigenvalue weighted by Crippen LogP contribution is 1.99. The highest BCUT2D eigenvalue weighted by atomic mass is 15.3. The number of rotatable bonds is 5. The van der Waals surface area contributed by atoms with Gasteiger partial charge in [0.1, 0.15) is 0 Å². The van der Waals surface area contributed by atoms with Gasteiger partial charge in [0.15, 0.2) is 5.96 Å². The van der Waals surface area contributed by atoms with Crippen molar-refractivity contribution < 1.29 is 0 Å². The van der Waals surface area contributed by atoms with Crippen LogP contribution in [0.3, 0.4) is 0 Å². The van der Waals surface area contributed by atoms with Crippen LogP contribution in [0.15, 0.2) is 0 Å². The van der Waals surface area contributed by atoms with Crippen LogP contribution in [-0.4, -0.2) is 42.9 Å². The lowest BCUT2D eigenvalue weighted by Gasteiger charge is -2.28. The molecule has 0 saturated heterocycles. The molecule has 0 aromatic heterocycles. The molecule has 0 bridgehead atoms. The summed E-state index contributed by atoms with van der Waals surface area (Å²) < 4.78 is 0. The zero-order valence-corrected chi connectivity index (χ0v) is 9.43.